The van der Waals surface area contributed by atoms with E-state index in [4.69, 9.17) is 0 Å². The molecular weight excluding hydrogens is 433 g/mol. The molecule has 4 nitrogen and oxygen atoms in total. The molecule has 0 atom stereocenters. The lowest BCUT2D eigenvalue weighted by Crippen LogP contribution is -2.31. The van der Waals surface area contributed by atoms with Crippen LogP contribution in [0, 0.1) is 0 Å². The summed E-state index contributed by atoms with van der Waals surface area (Å²) in [6, 6.07) is 12.0. The van der Waals surface area contributed by atoms with Crippen LogP contribution in [0.25, 0.3) is 11.3 Å². The van der Waals surface area contributed by atoms with Crippen molar-refractivity contribution < 1.29 is 13.2 Å². The second-order valence-electron chi connectivity index (χ2n) is 6.68. The van der Waals surface area contributed by atoms with Crippen molar-refractivity contribution in [1.82, 2.24) is 19.9 Å². The highest BCUT2D eigenvalue weighted by atomic mass is 79.9. The average molecular weight is 449 g/mol. The van der Waals surface area contributed by atoms with Crippen LogP contribution in [-0.2, 0) is 25.7 Å². The molecule has 1 aromatic carbocycles. The number of fused-ring (bicyclic) bond motifs is 1. The maximum Gasteiger partial charge on any atom is 0.451 e. The second kappa shape index (κ2) is 7.60. The Morgan fingerprint density at radius 2 is 1.79 bits per heavy atom. The maximum atomic E-state index is 12.8. The van der Waals surface area contributed by atoms with Crippen molar-refractivity contribution in [2.45, 2.75) is 25.7 Å². The molecule has 28 heavy (non-hydrogen) atoms. The lowest BCUT2D eigenvalue weighted by molar-refractivity contribution is -0.145. The van der Waals surface area contributed by atoms with Gasteiger partial charge in [0, 0.05) is 54.0 Å². The second-order valence-corrected chi connectivity index (χ2v) is 7.60. The van der Waals surface area contributed by atoms with Crippen molar-refractivity contribution in [2.75, 3.05) is 6.54 Å². The summed E-state index contributed by atoms with van der Waals surface area (Å²) in [6.07, 6.45) is -0.887. The monoisotopic (exact) mass is 448 g/mol. The number of nitrogens with zero attached hydrogens (tertiary/aromatic N) is 4. The van der Waals surface area contributed by atoms with Gasteiger partial charge in [0.05, 0.1) is 11.4 Å². The van der Waals surface area contributed by atoms with Crippen molar-refractivity contribution in [3.05, 3.63) is 75.9 Å². The summed E-state index contributed by atoms with van der Waals surface area (Å²) in [6.45, 7) is 1.85. The molecule has 0 saturated carbocycles. The number of hydrogen-bond acceptors (Lipinski definition) is 4. The first-order chi connectivity index (χ1) is 13.4. The van der Waals surface area contributed by atoms with Crippen LogP contribution in [-0.4, -0.2) is 26.4 Å². The molecule has 0 radical (unpaired) electrons. The number of aromatic nitrogens is 3. The smallest absolute Gasteiger partial charge is 0.294 e. The Hall–Kier alpha value is -2.32. The SMILES string of the molecule is FC(F)(F)c1ncc2c(n1)CCN(Cc1ccc(-c3ccc(Br)cc3)nc1)C2. The summed E-state index contributed by atoms with van der Waals surface area (Å²) in [5, 5.41) is 0. The van der Waals surface area contributed by atoms with Crippen LogP contribution in [0.2, 0.25) is 0 Å². The largest absolute Gasteiger partial charge is 0.451 e. The van der Waals surface area contributed by atoms with Crippen LogP contribution in [0.1, 0.15) is 22.6 Å². The van der Waals surface area contributed by atoms with Crippen LogP contribution >= 0.6 is 15.9 Å². The van der Waals surface area contributed by atoms with Crippen molar-refractivity contribution >= 4 is 15.9 Å². The first-order valence-electron chi connectivity index (χ1n) is 8.74. The number of pyridine rings is 1. The number of rotatable bonds is 3. The quantitative estimate of drug-likeness (QED) is 0.572. The Balaban J connectivity index is 1.43. The van der Waals surface area contributed by atoms with Gasteiger partial charge in [-0.15, -0.1) is 0 Å². The first-order valence-corrected chi connectivity index (χ1v) is 9.53. The molecule has 0 spiro atoms. The summed E-state index contributed by atoms with van der Waals surface area (Å²) in [5.41, 5.74) is 4.23. The van der Waals surface area contributed by atoms with Crippen LogP contribution in [0.4, 0.5) is 13.2 Å². The van der Waals surface area contributed by atoms with E-state index in [9.17, 15) is 13.2 Å². The lowest BCUT2D eigenvalue weighted by Gasteiger charge is -2.28. The van der Waals surface area contributed by atoms with Gasteiger partial charge in [0.2, 0.25) is 5.82 Å². The minimum atomic E-state index is -4.51. The third kappa shape index (κ3) is 4.23. The fourth-order valence-electron chi connectivity index (χ4n) is 3.21. The van der Waals surface area contributed by atoms with Gasteiger partial charge in [0.25, 0.3) is 0 Å². The minimum absolute atomic E-state index is 0.478. The molecule has 144 valence electrons. The van der Waals surface area contributed by atoms with E-state index < -0.39 is 12.0 Å². The van der Waals surface area contributed by atoms with Crippen molar-refractivity contribution in [3.63, 3.8) is 0 Å². The summed E-state index contributed by atoms with van der Waals surface area (Å²) in [5.74, 6) is -1.06. The molecule has 0 amide bonds. The summed E-state index contributed by atoms with van der Waals surface area (Å²) in [4.78, 5) is 13.9. The Bertz CT molecular complexity index is 972. The van der Waals surface area contributed by atoms with Crippen molar-refractivity contribution in [2.24, 2.45) is 0 Å². The molecule has 1 aliphatic heterocycles. The van der Waals surface area contributed by atoms with E-state index >= 15 is 0 Å². The highest BCUT2D eigenvalue weighted by Gasteiger charge is 2.35. The van der Waals surface area contributed by atoms with E-state index in [1.54, 1.807) is 0 Å². The molecule has 8 heteroatoms. The highest BCUT2D eigenvalue weighted by molar-refractivity contribution is 9.10. The standard InChI is InChI=1S/C20H16BrF3N4/c21-16-4-2-14(3-5-16)17-6-1-13(9-25-17)11-28-8-7-18-15(12-28)10-26-19(27-18)20(22,23)24/h1-6,9-10H,7-8,11-12H2. The first kappa shape index (κ1) is 19.0. The van der Waals surface area contributed by atoms with Crippen LogP contribution < -0.4 is 0 Å². The van der Waals surface area contributed by atoms with E-state index in [0.29, 0.717) is 31.7 Å². The highest BCUT2D eigenvalue weighted by Crippen LogP contribution is 2.28. The zero-order valence-electron chi connectivity index (χ0n) is 14.7. The predicted octanol–water partition coefficient (Wildman–Crippen LogP) is 4.88. The van der Waals surface area contributed by atoms with Gasteiger partial charge in [-0.05, 0) is 23.8 Å². The van der Waals surface area contributed by atoms with Gasteiger partial charge in [-0.3, -0.25) is 9.88 Å². The molecule has 0 fully saturated rings. The normalized spacial score (nSPS) is 14.7. The molecular formula is C20H16BrF3N4. The Labute approximate surface area is 168 Å². The third-order valence-electron chi connectivity index (χ3n) is 4.64. The number of hydrogen-bond donors (Lipinski definition) is 0. The van der Waals surface area contributed by atoms with E-state index in [0.717, 1.165) is 26.9 Å². The van der Waals surface area contributed by atoms with Crippen LogP contribution in [0.3, 0.4) is 0 Å². The van der Waals surface area contributed by atoms with Gasteiger partial charge in [0.15, 0.2) is 0 Å². The van der Waals surface area contributed by atoms with E-state index in [-0.39, 0.29) is 0 Å². The number of alkyl halides is 3. The maximum absolute atomic E-state index is 12.8. The fourth-order valence-corrected chi connectivity index (χ4v) is 3.48. The number of halogens is 4. The lowest BCUT2D eigenvalue weighted by atomic mass is 10.1. The molecule has 0 saturated heterocycles. The molecule has 4 rings (SSSR count). The Kier molecular flexibility index (Phi) is 5.16. The van der Waals surface area contributed by atoms with E-state index in [1.165, 1.54) is 6.20 Å². The molecule has 1 aliphatic rings. The zero-order chi connectivity index (χ0) is 19.7. The third-order valence-corrected chi connectivity index (χ3v) is 5.17. The minimum Gasteiger partial charge on any atom is -0.294 e. The number of benzene rings is 1. The van der Waals surface area contributed by atoms with E-state index in [1.807, 2.05) is 42.6 Å². The van der Waals surface area contributed by atoms with Gasteiger partial charge in [-0.25, -0.2) is 9.97 Å². The van der Waals surface area contributed by atoms with Crippen LogP contribution in [0.15, 0.2) is 53.3 Å². The zero-order valence-corrected chi connectivity index (χ0v) is 16.3. The molecule has 3 heterocycles. The van der Waals surface area contributed by atoms with Gasteiger partial charge in [-0.1, -0.05) is 34.1 Å². The molecule has 3 aromatic rings. The van der Waals surface area contributed by atoms with Crippen molar-refractivity contribution in [3.8, 4) is 11.3 Å². The van der Waals surface area contributed by atoms with Gasteiger partial charge >= 0.3 is 6.18 Å². The summed E-state index contributed by atoms with van der Waals surface area (Å²) < 4.78 is 39.3. The average Bonchev–Trinajstić information content (AvgIpc) is 2.68. The van der Waals surface area contributed by atoms with E-state index in [2.05, 4.69) is 35.8 Å². The molecule has 0 unspecified atom stereocenters. The Morgan fingerprint density at radius 1 is 1.00 bits per heavy atom. The van der Waals surface area contributed by atoms with Crippen molar-refractivity contribution in [1.29, 1.82) is 0 Å². The molecule has 2 aromatic heterocycles. The molecule has 0 aliphatic carbocycles. The fraction of sp³-hybridized carbons (Fsp3) is 0.250. The summed E-state index contributed by atoms with van der Waals surface area (Å²) in [7, 11) is 0. The van der Waals surface area contributed by atoms with Crippen LogP contribution in [0.5, 0.6) is 0 Å². The molecule has 0 bridgehead atoms. The van der Waals surface area contributed by atoms with Gasteiger partial charge in [-0.2, -0.15) is 13.2 Å². The van der Waals surface area contributed by atoms with Gasteiger partial charge in [0.1, 0.15) is 0 Å². The molecule has 0 N–H and O–H groups in total. The summed E-state index contributed by atoms with van der Waals surface area (Å²) >= 11 is 3.42. The van der Waals surface area contributed by atoms with Gasteiger partial charge < -0.3 is 0 Å². The topological polar surface area (TPSA) is 41.9 Å². The Morgan fingerprint density at radius 3 is 2.46 bits per heavy atom. The predicted molar refractivity (Wildman–Crippen MR) is 102 cm³/mol.